The van der Waals surface area contributed by atoms with Crippen molar-refractivity contribution in [1.82, 2.24) is 0 Å². The highest BCUT2D eigenvalue weighted by Crippen LogP contribution is 2.45. The quantitative estimate of drug-likeness (QED) is 0.760. The highest BCUT2D eigenvalue weighted by Gasteiger charge is 2.17. The van der Waals surface area contributed by atoms with Gasteiger partial charge in [0.1, 0.15) is 0 Å². The van der Waals surface area contributed by atoms with Gasteiger partial charge in [-0.2, -0.15) is 0 Å². The van der Waals surface area contributed by atoms with Crippen LogP contribution in [0, 0.1) is 0 Å². The van der Waals surface area contributed by atoms with Gasteiger partial charge in [-0.15, -0.1) is 0 Å². The van der Waals surface area contributed by atoms with Crippen LogP contribution in [-0.4, -0.2) is 11.1 Å². The predicted octanol–water partition coefficient (Wildman–Crippen LogP) is 3.26. The first-order valence-corrected chi connectivity index (χ1v) is 7.02. The lowest BCUT2D eigenvalue weighted by molar-refractivity contribution is 0.474. The lowest BCUT2D eigenvalue weighted by Gasteiger charge is -2.10. The number of hydrogen-bond donors (Lipinski definition) is 1. The molecular weight excluding hydrogens is 195 g/mol. The molecule has 0 fully saturated rings. The van der Waals surface area contributed by atoms with E-state index >= 15 is 0 Å². The van der Waals surface area contributed by atoms with E-state index < -0.39 is 7.37 Å². The maximum atomic E-state index is 11.7. The van der Waals surface area contributed by atoms with Gasteiger partial charge in [0.05, 0.1) is 0 Å². The van der Waals surface area contributed by atoms with Gasteiger partial charge in [0, 0.05) is 12.3 Å². The van der Waals surface area contributed by atoms with E-state index in [4.69, 9.17) is 0 Å². The van der Waals surface area contributed by atoms with E-state index in [9.17, 15) is 9.46 Å². The predicted molar refractivity (Wildman–Crippen MR) is 59.7 cm³/mol. The molecule has 0 saturated heterocycles. The molecule has 78 valence electrons. The third-order valence-corrected chi connectivity index (χ3v) is 4.01. The summed E-state index contributed by atoms with van der Waals surface area (Å²) in [5.41, 5.74) is 0.953. The molecule has 0 radical (unpaired) electrons. The second-order valence-corrected chi connectivity index (χ2v) is 6.02. The highest BCUT2D eigenvalue weighted by atomic mass is 31.2. The molecule has 3 heteroatoms. The number of hydrogen-bond acceptors (Lipinski definition) is 1. The summed E-state index contributed by atoms with van der Waals surface area (Å²) in [5, 5.41) is 0. The Labute approximate surface area is 85.4 Å². The number of rotatable bonds is 5. The van der Waals surface area contributed by atoms with Crippen LogP contribution in [0.25, 0.3) is 0 Å². The molecule has 0 amide bonds. The van der Waals surface area contributed by atoms with Crippen LogP contribution in [0.4, 0.5) is 0 Å². The van der Waals surface area contributed by atoms with Crippen LogP contribution in [0.3, 0.4) is 0 Å². The Kier molecular flexibility index (Phi) is 4.37. The molecule has 0 aromatic heterocycles. The smallest absolute Gasteiger partial charge is 0.204 e. The van der Waals surface area contributed by atoms with Crippen LogP contribution >= 0.6 is 7.37 Å². The molecule has 0 bridgehead atoms. The first-order chi connectivity index (χ1) is 6.64. The van der Waals surface area contributed by atoms with Gasteiger partial charge in [-0.25, -0.2) is 0 Å². The van der Waals surface area contributed by atoms with E-state index in [-0.39, 0.29) is 0 Å². The van der Waals surface area contributed by atoms with Crippen molar-refractivity contribution in [2.24, 2.45) is 0 Å². The molecule has 1 atom stereocenters. The fourth-order valence-corrected chi connectivity index (χ4v) is 3.10. The molecule has 0 saturated carbocycles. The van der Waals surface area contributed by atoms with Crippen molar-refractivity contribution in [2.75, 3.05) is 6.16 Å². The van der Waals surface area contributed by atoms with Gasteiger partial charge in [0.25, 0.3) is 0 Å². The first kappa shape index (κ1) is 11.5. The van der Waals surface area contributed by atoms with Crippen LogP contribution in [0.5, 0.6) is 0 Å². The van der Waals surface area contributed by atoms with Crippen molar-refractivity contribution >= 4 is 7.37 Å². The zero-order valence-electron chi connectivity index (χ0n) is 8.52. The summed E-state index contributed by atoms with van der Waals surface area (Å²) < 4.78 is 11.7. The Bertz CT molecular complexity index is 308. The minimum atomic E-state index is -2.93. The second-order valence-electron chi connectivity index (χ2n) is 3.57. The fraction of sp³-hybridized carbons (Fsp3) is 0.455. The first-order valence-electron chi connectivity index (χ1n) is 4.99. The standard InChI is InChI=1S/C11H17O2P/c1-2-3-9-14(12,13)10-11-7-5-4-6-8-11/h4-8H,2-3,9-10H2,1H3,(H,12,13). The monoisotopic (exact) mass is 212 g/mol. The van der Waals surface area contributed by atoms with Gasteiger partial charge in [-0.05, 0) is 12.0 Å². The number of benzene rings is 1. The molecule has 14 heavy (non-hydrogen) atoms. The minimum Gasteiger partial charge on any atom is -0.344 e. The zero-order valence-corrected chi connectivity index (χ0v) is 9.41. The van der Waals surface area contributed by atoms with Crippen molar-refractivity contribution in [3.63, 3.8) is 0 Å². The van der Waals surface area contributed by atoms with Crippen LogP contribution < -0.4 is 0 Å². The van der Waals surface area contributed by atoms with Crippen LogP contribution in [-0.2, 0) is 10.7 Å². The Balaban J connectivity index is 2.55. The lowest BCUT2D eigenvalue weighted by Crippen LogP contribution is -1.93. The average molecular weight is 212 g/mol. The van der Waals surface area contributed by atoms with E-state index in [1.165, 1.54) is 0 Å². The van der Waals surface area contributed by atoms with E-state index in [0.29, 0.717) is 12.3 Å². The Hall–Kier alpha value is -0.590. The van der Waals surface area contributed by atoms with Crippen LogP contribution in [0.15, 0.2) is 30.3 Å². The van der Waals surface area contributed by atoms with Crippen molar-refractivity contribution in [2.45, 2.75) is 25.9 Å². The van der Waals surface area contributed by atoms with Crippen LogP contribution in [0.2, 0.25) is 0 Å². The van der Waals surface area contributed by atoms with Crippen molar-refractivity contribution in [3.05, 3.63) is 35.9 Å². The van der Waals surface area contributed by atoms with Gasteiger partial charge in [-0.1, -0.05) is 43.7 Å². The maximum absolute atomic E-state index is 11.7. The number of unbranched alkanes of at least 4 members (excludes halogenated alkanes) is 1. The highest BCUT2D eigenvalue weighted by molar-refractivity contribution is 7.57. The molecule has 0 aliphatic rings. The van der Waals surface area contributed by atoms with Gasteiger partial charge >= 0.3 is 0 Å². The fourth-order valence-electron chi connectivity index (χ4n) is 1.35. The largest absolute Gasteiger partial charge is 0.344 e. The summed E-state index contributed by atoms with van der Waals surface area (Å²) in [4.78, 5) is 9.65. The summed E-state index contributed by atoms with van der Waals surface area (Å²) >= 11 is 0. The van der Waals surface area contributed by atoms with Gasteiger partial charge in [-0.3, -0.25) is 4.57 Å². The summed E-state index contributed by atoms with van der Waals surface area (Å²) in [7, 11) is -2.93. The normalized spacial score (nSPS) is 15.0. The van der Waals surface area contributed by atoms with Gasteiger partial charge < -0.3 is 4.89 Å². The molecule has 1 rings (SSSR count). The molecule has 1 N–H and O–H groups in total. The van der Waals surface area contributed by atoms with Crippen molar-refractivity contribution < 1.29 is 9.46 Å². The zero-order chi connectivity index (χ0) is 10.4. The Morgan fingerprint density at radius 1 is 1.29 bits per heavy atom. The third kappa shape index (κ3) is 4.08. The summed E-state index contributed by atoms with van der Waals surface area (Å²) in [6, 6.07) is 9.51. The molecule has 1 aromatic rings. The molecule has 0 spiro atoms. The Morgan fingerprint density at radius 2 is 1.93 bits per heavy atom. The molecule has 1 unspecified atom stereocenters. The molecule has 2 nitrogen and oxygen atoms in total. The molecule has 0 aliphatic heterocycles. The maximum Gasteiger partial charge on any atom is 0.204 e. The third-order valence-electron chi connectivity index (χ3n) is 2.13. The molecule has 0 heterocycles. The molecular formula is C11H17O2P. The van der Waals surface area contributed by atoms with Gasteiger partial charge in [0.15, 0.2) is 0 Å². The lowest BCUT2D eigenvalue weighted by atomic mass is 10.2. The van der Waals surface area contributed by atoms with E-state index in [1.807, 2.05) is 37.3 Å². The minimum absolute atomic E-state index is 0.313. The molecule has 1 aromatic carbocycles. The van der Waals surface area contributed by atoms with Crippen molar-refractivity contribution in [1.29, 1.82) is 0 Å². The Morgan fingerprint density at radius 3 is 2.50 bits per heavy atom. The topological polar surface area (TPSA) is 37.3 Å². The van der Waals surface area contributed by atoms with E-state index in [1.54, 1.807) is 0 Å². The average Bonchev–Trinajstić information content (AvgIpc) is 2.16. The summed E-state index contributed by atoms with van der Waals surface area (Å²) in [6.07, 6.45) is 2.56. The SMILES string of the molecule is CCCCP(=O)(O)Cc1ccccc1. The van der Waals surface area contributed by atoms with Crippen LogP contribution in [0.1, 0.15) is 25.3 Å². The van der Waals surface area contributed by atoms with E-state index in [2.05, 4.69) is 0 Å². The van der Waals surface area contributed by atoms with E-state index in [0.717, 1.165) is 18.4 Å². The summed E-state index contributed by atoms with van der Waals surface area (Å²) in [5.74, 6) is 0. The molecule has 0 aliphatic carbocycles. The van der Waals surface area contributed by atoms with Gasteiger partial charge in [0.2, 0.25) is 7.37 Å². The summed E-state index contributed by atoms with van der Waals surface area (Å²) in [6.45, 7) is 2.03. The second kappa shape index (κ2) is 5.33. The van der Waals surface area contributed by atoms with Crippen molar-refractivity contribution in [3.8, 4) is 0 Å².